The van der Waals surface area contributed by atoms with Crippen LogP contribution in [-0.4, -0.2) is 36.1 Å². The highest BCUT2D eigenvalue weighted by molar-refractivity contribution is 5.08. The number of H-pyrrole nitrogens is 1. The van der Waals surface area contributed by atoms with Gasteiger partial charge in [0.05, 0.1) is 0 Å². The van der Waals surface area contributed by atoms with Crippen molar-refractivity contribution in [2.45, 2.75) is 32.2 Å². The maximum absolute atomic E-state index is 5.71. The van der Waals surface area contributed by atoms with E-state index in [0.29, 0.717) is 6.04 Å². The lowest BCUT2D eigenvalue weighted by atomic mass is 10.2. The standard InChI is InChI=1S/C12H23N3/c1-11(13)4-3-8-15(2)9-6-12-5-7-14-10-12/h5,7,10-11,14H,3-4,6,8-9,13H2,1-2H3. The summed E-state index contributed by atoms with van der Waals surface area (Å²) in [5.41, 5.74) is 7.09. The Morgan fingerprint density at radius 2 is 2.27 bits per heavy atom. The third-order valence-electron chi connectivity index (χ3n) is 2.64. The first-order chi connectivity index (χ1) is 7.18. The molecule has 1 rings (SSSR count). The van der Waals surface area contributed by atoms with Crippen molar-refractivity contribution in [3.63, 3.8) is 0 Å². The molecule has 15 heavy (non-hydrogen) atoms. The topological polar surface area (TPSA) is 45.0 Å². The molecule has 0 aliphatic heterocycles. The van der Waals surface area contributed by atoms with Gasteiger partial charge in [0.25, 0.3) is 0 Å². The largest absolute Gasteiger partial charge is 0.367 e. The summed E-state index contributed by atoms with van der Waals surface area (Å²) in [6.45, 7) is 4.34. The van der Waals surface area contributed by atoms with E-state index >= 15 is 0 Å². The molecule has 3 N–H and O–H groups in total. The van der Waals surface area contributed by atoms with Crippen LogP contribution in [0.4, 0.5) is 0 Å². The van der Waals surface area contributed by atoms with Gasteiger partial charge >= 0.3 is 0 Å². The van der Waals surface area contributed by atoms with Gasteiger partial charge in [0.2, 0.25) is 0 Å². The second-order valence-electron chi connectivity index (χ2n) is 4.39. The lowest BCUT2D eigenvalue weighted by Crippen LogP contribution is -2.24. The summed E-state index contributed by atoms with van der Waals surface area (Å²) in [5, 5.41) is 0. The maximum atomic E-state index is 5.71. The maximum Gasteiger partial charge on any atom is 0.00378 e. The van der Waals surface area contributed by atoms with Gasteiger partial charge in [-0.2, -0.15) is 0 Å². The van der Waals surface area contributed by atoms with Crippen molar-refractivity contribution in [1.29, 1.82) is 0 Å². The number of nitrogens with zero attached hydrogens (tertiary/aromatic N) is 1. The lowest BCUT2D eigenvalue weighted by molar-refractivity contribution is 0.326. The minimum Gasteiger partial charge on any atom is -0.367 e. The van der Waals surface area contributed by atoms with E-state index in [1.54, 1.807) is 0 Å². The Labute approximate surface area is 92.7 Å². The molecule has 0 fully saturated rings. The number of nitrogens with one attached hydrogen (secondary N) is 1. The van der Waals surface area contributed by atoms with E-state index in [9.17, 15) is 0 Å². The molecule has 0 bridgehead atoms. The monoisotopic (exact) mass is 209 g/mol. The molecule has 3 heteroatoms. The van der Waals surface area contributed by atoms with E-state index in [1.807, 2.05) is 6.20 Å². The van der Waals surface area contributed by atoms with Crippen molar-refractivity contribution in [2.24, 2.45) is 5.73 Å². The van der Waals surface area contributed by atoms with Gasteiger partial charge in [-0.1, -0.05) is 0 Å². The number of rotatable bonds is 7. The summed E-state index contributed by atoms with van der Waals surface area (Å²) >= 11 is 0. The van der Waals surface area contributed by atoms with Crippen LogP contribution in [-0.2, 0) is 6.42 Å². The average molecular weight is 209 g/mol. The van der Waals surface area contributed by atoms with Gasteiger partial charge in [-0.15, -0.1) is 0 Å². The van der Waals surface area contributed by atoms with Gasteiger partial charge in [-0.05, 0) is 51.4 Å². The number of aromatic amines is 1. The molecular weight excluding hydrogens is 186 g/mol. The molecule has 86 valence electrons. The number of nitrogens with two attached hydrogens (primary N) is 1. The molecule has 0 saturated carbocycles. The van der Waals surface area contributed by atoms with Crippen molar-refractivity contribution in [2.75, 3.05) is 20.1 Å². The highest BCUT2D eigenvalue weighted by Crippen LogP contribution is 2.01. The molecular formula is C12H23N3. The zero-order valence-electron chi connectivity index (χ0n) is 9.87. The predicted octanol–water partition coefficient (Wildman–Crippen LogP) is 1.62. The SMILES string of the molecule is CC(N)CCCN(C)CCc1cc[nH]c1. The van der Waals surface area contributed by atoms with Gasteiger partial charge in [-0.3, -0.25) is 0 Å². The highest BCUT2D eigenvalue weighted by Gasteiger charge is 2.00. The van der Waals surface area contributed by atoms with Crippen LogP contribution in [0.1, 0.15) is 25.3 Å². The van der Waals surface area contributed by atoms with Gasteiger partial charge in [0, 0.05) is 25.0 Å². The third-order valence-corrected chi connectivity index (χ3v) is 2.64. The minimum absolute atomic E-state index is 0.336. The van der Waals surface area contributed by atoms with Gasteiger partial charge in [0.1, 0.15) is 0 Å². The molecule has 0 radical (unpaired) electrons. The Balaban J connectivity index is 2.06. The number of aromatic nitrogens is 1. The van der Waals surface area contributed by atoms with Crippen molar-refractivity contribution in [3.05, 3.63) is 24.0 Å². The van der Waals surface area contributed by atoms with Crippen molar-refractivity contribution in [3.8, 4) is 0 Å². The van der Waals surface area contributed by atoms with E-state index in [-0.39, 0.29) is 0 Å². The smallest absolute Gasteiger partial charge is 0.00378 e. The molecule has 0 spiro atoms. The second-order valence-corrected chi connectivity index (χ2v) is 4.39. The molecule has 0 aliphatic rings. The van der Waals surface area contributed by atoms with Gasteiger partial charge < -0.3 is 15.6 Å². The number of hydrogen-bond acceptors (Lipinski definition) is 2. The van der Waals surface area contributed by atoms with Crippen LogP contribution in [0.3, 0.4) is 0 Å². The van der Waals surface area contributed by atoms with E-state index in [2.05, 4.69) is 36.1 Å². The first kappa shape index (κ1) is 12.3. The summed E-state index contributed by atoms with van der Waals surface area (Å²) in [4.78, 5) is 5.45. The van der Waals surface area contributed by atoms with Crippen LogP contribution in [0.15, 0.2) is 18.5 Å². The Kier molecular flexibility index (Phi) is 5.43. The summed E-state index contributed by atoms with van der Waals surface area (Å²) < 4.78 is 0. The van der Waals surface area contributed by atoms with E-state index in [1.165, 1.54) is 12.0 Å². The summed E-state index contributed by atoms with van der Waals surface area (Å²) in [6, 6.07) is 2.47. The van der Waals surface area contributed by atoms with Crippen LogP contribution in [0.5, 0.6) is 0 Å². The van der Waals surface area contributed by atoms with Crippen molar-refractivity contribution < 1.29 is 0 Å². The Bertz CT molecular complexity index is 241. The summed E-state index contributed by atoms with van der Waals surface area (Å²) in [6.07, 6.45) is 7.48. The quantitative estimate of drug-likeness (QED) is 0.716. The molecule has 1 aromatic rings. The third kappa shape index (κ3) is 5.60. The lowest BCUT2D eigenvalue weighted by Gasteiger charge is -2.16. The van der Waals surface area contributed by atoms with Crippen LogP contribution in [0.2, 0.25) is 0 Å². The molecule has 3 nitrogen and oxygen atoms in total. The van der Waals surface area contributed by atoms with Crippen LogP contribution >= 0.6 is 0 Å². The fourth-order valence-electron chi connectivity index (χ4n) is 1.63. The van der Waals surface area contributed by atoms with Crippen LogP contribution < -0.4 is 5.73 Å². The Hall–Kier alpha value is -0.800. The molecule has 0 amide bonds. The van der Waals surface area contributed by atoms with Crippen LogP contribution in [0, 0.1) is 0 Å². The highest BCUT2D eigenvalue weighted by atomic mass is 15.1. The van der Waals surface area contributed by atoms with Crippen molar-refractivity contribution in [1.82, 2.24) is 9.88 Å². The Morgan fingerprint density at radius 3 is 2.87 bits per heavy atom. The fourth-order valence-corrected chi connectivity index (χ4v) is 1.63. The molecule has 1 heterocycles. The summed E-state index contributed by atoms with van der Waals surface area (Å²) in [5.74, 6) is 0. The predicted molar refractivity (Wildman–Crippen MR) is 64.9 cm³/mol. The molecule has 0 aliphatic carbocycles. The van der Waals surface area contributed by atoms with E-state index in [0.717, 1.165) is 25.9 Å². The van der Waals surface area contributed by atoms with Gasteiger partial charge in [0.15, 0.2) is 0 Å². The number of likely N-dealkylation sites (N-methyl/N-ethyl adjacent to an activating group) is 1. The minimum atomic E-state index is 0.336. The second kappa shape index (κ2) is 6.64. The number of hydrogen-bond donors (Lipinski definition) is 2. The van der Waals surface area contributed by atoms with Crippen LogP contribution in [0.25, 0.3) is 0 Å². The zero-order valence-corrected chi connectivity index (χ0v) is 9.87. The first-order valence-electron chi connectivity index (χ1n) is 5.74. The molecule has 0 aromatic carbocycles. The average Bonchev–Trinajstić information content (AvgIpc) is 2.66. The molecule has 0 saturated heterocycles. The first-order valence-corrected chi connectivity index (χ1v) is 5.74. The van der Waals surface area contributed by atoms with Gasteiger partial charge in [-0.25, -0.2) is 0 Å². The molecule has 1 unspecified atom stereocenters. The summed E-state index contributed by atoms with van der Waals surface area (Å²) in [7, 11) is 2.17. The zero-order chi connectivity index (χ0) is 11.1. The normalized spacial score (nSPS) is 13.3. The fraction of sp³-hybridized carbons (Fsp3) is 0.667. The van der Waals surface area contributed by atoms with E-state index in [4.69, 9.17) is 5.73 Å². The molecule has 1 aromatic heterocycles. The van der Waals surface area contributed by atoms with Crippen molar-refractivity contribution >= 4 is 0 Å². The Morgan fingerprint density at radius 1 is 1.47 bits per heavy atom. The van der Waals surface area contributed by atoms with E-state index < -0.39 is 0 Å². The molecule has 1 atom stereocenters.